The van der Waals surface area contributed by atoms with Gasteiger partial charge in [-0.05, 0) is 12.5 Å². The maximum Gasteiger partial charge on any atom is 0.573 e. The van der Waals surface area contributed by atoms with Gasteiger partial charge in [0.15, 0.2) is 0 Å². The van der Waals surface area contributed by atoms with E-state index in [2.05, 4.69) is 10.1 Å². The summed E-state index contributed by atoms with van der Waals surface area (Å²) in [5.74, 6) is -0.214. The number of para-hydroxylation sites is 1. The molecule has 3 nitrogen and oxygen atoms in total. The fourth-order valence-corrected chi connectivity index (χ4v) is 1.60. The van der Waals surface area contributed by atoms with Crippen LogP contribution in [0.2, 0.25) is 0 Å². The molecule has 1 aromatic carbocycles. The standard InChI is InChI=1S/C13H15F3N2O/c1-2-11(7-8-17)18-9-10-5-3-4-6-12(10)19-13(14,15)16/h3-6,11,18H,2,7,9H2,1H3. The Hall–Kier alpha value is -1.74. The van der Waals surface area contributed by atoms with Gasteiger partial charge in [-0.3, -0.25) is 0 Å². The molecule has 0 aliphatic rings. The topological polar surface area (TPSA) is 45.0 Å². The van der Waals surface area contributed by atoms with Crippen LogP contribution in [-0.4, -0.2) is 12.4 Å². The highest BCUT2D eigenvalue weighted by Crippen LogP contribution is 2.26. The maximum absolute atomic E-state index is 12.2. The highest BCUT2D eigenvalue weighted by Gasteiger charge is 2.31. The van der Waals surface area contributed by atoms with Crippen molar-refractivity contribution in [3.63, 3.8) is 0 Å². The summed E-state index contributed by atoms with van der Waals surface area (Å²) in [5.41, 5.74) is 0.413. The Balaban J connectivity index is 2.70. The monoisotopic (exact) mass is 272 g/mol. The third-order valence-electron chi connectivity index (χ3n) is 2.61. The lowest BCUT2D eigenvalue weighted by Crippen LogP contribution is -2.28. The van der Waals surface area contributed by atoms with Crippen molar-refractivity contribution in [3.05, 3.63) is 29.8 Å². The van der Waals surface area contributed by atoms with Crippen LogP contribution in [-0.2, 0) is 6.54 Å². The molecule has 0 spiro atoms. The first kappa shape index (κ1) is 15.3. The van der Waals surface area contributed by atoms with E-state index in [4.69, 9.17) is 5.26 Å². The Bertz CT molecular complexity index is 440. The number of nitriles is 1. The summed E-state index contributed by atoms with van der Waals surface area (Å²) in [6, 6.07) is 7.96. The van der Waals surface area contributed by atoms with E-state index in [1.807, 2.05) is 13.0 Å². The van der Waals surface area contributed by atoms with Crippen LogP contribution in [0, 0.1) is 11.3 Å². The molecule has 0 aliphatic heterocycles. The zero-order valence-corrected chi connectivity index (χ0v) is 10.5. The predicted octanol–water partition coefficient (Wildman–Crippen LogP) is 3.37. The molecule has 104 valence electrons. The first-order chi connectivity index (χ1) is 8.96. The number of nitrogens with zero attached hydrogens (tertiary/aromatic N) is 1. The lowest BCUT2D eigenvalue weighted by atomic mass is 10.1. The number of hydrogen-bond donors (Lipinski definition) is 1. The summed E-state index contributed by atoms with van der Waals surface area (Å²) in [6.07, 6.45) is -3.65. The number of halogens is 3. The molecular formula is C13H15F3N2O. The van der Waals surface area contributed by atoms with Gasteiger partial charge in [0.05, 0.1) is 12.5 Å². The van der Waals surface area contributed by atoms with Crippen molar-refractivity contribution < 1.29 is 17.9 Å². The van der Waals surface area contributed by atoms with Crippen molar-refractivity contribution in [1.82, 2.24) is 5.32 Å². The van der Waals surface area contributed by atoms with Crippen LogP contribution in [0.3, 0.4) is 0 Å². The quantitative estimate of drug-likeness (QED) is 0.863. The van der Waals surface area contributed by atoms with E-state index in [1.54, 1.807) is 12.1 Å². The molecule has 0 saturated heterocycles. The number of ether oxygens (including phenoxy) is 1. The SMILES string of the molecule is CCC(CC#N)NCc1ccccc1OC(F)(F)F. The molecule has 0 bridgehead atoms. The van der Waals surface area contributed by atoms with Gasteiger partial charge in [-0.25, -0.2) is 0 Å². The molecule has 0 amide bonds. The van der Waals surface area contributed by atoms with Gasteiger partial charge in [-0.1, -0.05) is 25.1 Å². The number of nitrogens with one attached hydrogen (secondary N) is 1. The Morgan fingerprint density at radius 1 is 1.37 bits per heavy atom. The number of hydrogen-bond acceptors (Lipinski definition) is 3. The molecule has 1 unspecified atom stereocenters. The lowest BCUT2D eigenvalue weighted by Gasteiger charge is -2.16. The van der Waals surface area contributed by atoms with Crippen LogP contribution in [0.5, 0.6) is 5.75 Å². The van der Waals surface area contributed by atoms with Crippen LogP contribution in [0.1, 0.15) is 25.3 Å². The molecule has 0 heterocycles. The minimum absolute atomic E-state index is 0.0380. The van der Waals surface area contributed by atoms with Gasteiger partial charge < -0.3 is 10.1 Å². The third-order valence-corrected chi connectivity index (χ3v) is 2.61. The minimum Gasteiger partial charge on any atom is -0.405 e. The Morgan fingerprint density at radius 2 is 2.05 bits per heavy atom. The molecule has 0 saturated carbocycles. The molecule has 1 aromatic rings. The molecule has 1 atom stereocenters. The largest absolute Gasteiger partial charge is 0.573 e. The minimum atomic E-state index is -4.70. The Kier molecular flexibility index (Phi) is 5.64. The molecule has 0 radical (unpaired) electrons. The van der Waals surface area contributed by atoms with Crippen molar-refractivity contribution in [2.45, 2.75) is 38.7 Å². The van der Waals surface area contributed by atoms with Gasteiger partial charge in [-0.2, -0.15) is 5.26 Å². The lowest BCUT2D eigenvalue weighted by molar-refractivity contribution is -0.274. The van der Waals surface area contributed by atoms with Crippen molar-refractivity contribution in [2.75, 3.05) is 0 Å². The third kappa shape index (κ3) is 5.62. The van der Waals surface area contributed by atoms with Crippen molar-refractivity contribution >= 4 is 0 Å². The van der Waals surface area contributed by atoms with Gasteiger partial charge in [0.2, 0.25) is 0 Å². The molecule has 6 heteroatoms. The van der Waals surface area contributed by atoms with Gasteiger partial charge in [0.1, 0.15) is 5.75 Å². The zero-order chi connectivity index (χ0) is 14.3. The highest BCUT2D eigenvalue weighted by molar-refractivity contribution is 5.33. The van der Waals surface area contributed by atoms with Gasteiger partial charge in [0, 0.05) is 18.2 Å². The summed E-state index contributed by atoms with van der Waals surface area (Å²) < 4.78 is 40.6. The molecule has 0 aliphatic carbocycles. The highest BCUT2D eigenvalue weighted by atomic mass is 19.4. The Morgan fingerprint density at radius 3 is 2.63 bits per heavy atom. The van der Waals surface area contributed by atoms with Gasteiger partial charge in [0.25, 0.3) is 0 Å². The van der Waals surface area contributed by atoms with Crippen molar-refractivity contribution in [2.24, 2.45) is 0 Å². The second kappa shape index (κ2) is 7.00. The van der Waals surface area contributed by atoms with Crippen molar-refractivity contribution in [1.29, 1.82) is 5.26 Å². The van der Waals surface area contributed by atoms with Crippen LogP contribution in [0.4, 0.5) is 13.2 Å². The van der Waals surface area contributed by atoms with Crippen LogP contribution in [0.25, 0.3) is 0 Å². The number of alkyl halides is 3. The first-order valence-corrected chi connectivity index (χ1v) is 5.90. The second-order valence-electron chi connectivity index (χ2n) is 4.00. The van der Waals surface area contributed by atoms with Crippen molar-refractivity contribution in [3.8, 4) is 11.8 Å². The molecular weight excluding hydrogens is 257 g/mol. The fourth-order valence-electron chi connectivity index (χ4n) is 1.60. The number of rotatable bonds is 6. The van der Waals surface area contributed by atoms with E-state index in [0.717, 1.165) is 6.42 Å². The van der Waals surface area contributed by atoms with E-state index in [1.165, 1.54) is 12.1 Å². The predicted molar refractivity (Wildman–Crippen MR) is 64.3 cm³/mol. The molecule has 19 heavy (non-hydrogen) atoms. The fraction of sp³-hybridized carbons (Fsp3) is 0.462. The summed E-state index contributed by atoms with van der Waals surface area (Å²) in [5, 5.41) is 11.7. The molecule has 0 fully saturated rings. The Labute approximate surface area is 110 Å². The molecule has 1 rings (SSSR count). The van der Waals surface area contributed by atoms with E-state index in [0.29, 0.717) is 12.0 Å². The maximum atomic E-state index is 12.2. The smallest absolute Gasteiger partial charge is 0.405 e. The van der Waals surface area contributed by atoms with Crippen LogP contribution in [0.15, 0.2) is 24.3 Å². The summed E-state index contributed by atoms with van der Waals surface area (Å²) in [4.78, 5) is 0. The summed E-state index contributed by atoms with van der Waals surface area (Å²) in [6.45, 7) is 2.14. The van der Waals surface area contributed by atoms with Crippen LogP contribution >= 0.6 is 0 Å². The van der Waals surface area contributed by atoms with E-state index in [9.17, 15) is 13.2 Å². The number of benzene rings is 1. The van der Waals surface area contributed by atoms with Crippen LogP contribution < -0.4 is 10.1 Å². The molecule has 1 N–H and O–H groups in total. The van der Waals surface area contributed by atoms with E-state index >= 15 is 0 Å². The van der Waals surface area contributed by atoms with Gasteiger partial charge >= 0.3 is 6.36 Å². The normalized spacial score (nSPS) is 12.8. The summed E-state index contributed by atoms with van der Waals surface area (Å²) in [7, 11) is 0. The summed E-state index contributed by atoms with van der Waals surface area (Å²) >= 11 is 0. The first-order valence-electron chi connectivity index (χ1n) is 5.90. The molecule has 0 aromatic heterocycles. The second-order valence-corrected chi connectivity index (χ2v) is 4.00. The van der Waals surface area contributed by atoms with E-state index < -0.39 is 6.36 Å². The average molecular weight is 272 g/mol. The van der Waals surface area contributed by atoms with E-state index in [-0.39, 0.29) is 18.3 Å². The van der Waals surface area contributed by atoms with Gasteiger partial charge in [-0.15, -0.1) is 13.2 Å². The average Bonchev–Trinajstić information content (AvgIpc) is 2.34. The zero-order valence-electron chi connectivity index (χ0n) is 10.5.